The van der Waals surface area contributed by atoms with E-state index in [1.165, 1.54) is 5.56 Å². The Morgan fingerprint density at radius 1 is 1.42 bits per heavy atom. The van der Waals surface area contributed by atoms with E-state index in [0.717, 1.165) is 11.1 Å². The molecule has 0 atom stereocenters. The van der Waals surface area contributed by atoms with Crippen LogP contribution in [0.1, 0.15) is 17.5 Å². The fraction of sp³-hybridized carbons (Fsp3) is 0.273. The second-order valence-electron chi connectivity index (χ2n) is 2.89. The molecule has 1 heteroatoms. The van der Waals surface area contributed by atoms with E-state index in [9.17, 15) is 0 Å². The lowest BCUT2D eigenvalue weighted by molar-refractivity contribution is 0.305. The molecule has 64 valence electrons. The number of hydrogen-bond acceptors (Lipinski definition) is 1. The Hall–Kier alpha value is -1.08. The van der Waals surface area contributed by atoms with Crippen LogP contribution in [0.4, 0.5) is 0 Å². The summed E-state index contributed by atoms with van der Waals surface area (Å²) < 4.78 is 0. The Kier molecular flexibility index (Phi) is 3.06. The monoisotopic (exact) mass is 162 g/mol. The lowest BCUT2D eigenvalue weighted by atomic mass is 10.0. The number of aryl methyl sites for hydroxylation is 1. The van der Waals surface area contributed by atoms with E-state index >= 15 is 0 Å². The van der Waals surface area contributed by atoms with Crippen molar-refractivity contribution in [3.63, 3.8) is 0 Å². The van der Waals surface area contributed by atoms with Crippen LogP contribution in [0, 0.1) is 6.92 Å². The maximum absolute atomic E-state index is 8.73. The van der Waals surface area contributed by atoms with Crippen molar-refractivity contribution in [2.45, 2.75) is 13.3 Å². The molecule has 1 nitrogen and oxygen atoms in total. The minimum atomic E-state index is 0.174. The van der Waals surface area contributed by atoms with Crippen molar-refractivity contribution < 1.29 is 5.11 Å². The number of benzene rings is 1. The predicted octanol–water partition coefficient (Wildman–Crippen LogP) is 2.39. The summed E-state index contributed by atoms with van der Waals surface area (Å²) in [6, 6.07) is 8.08. The van der Waals surface area contributed by atoms with Gasteiger partial charge in [-0.15, -0.1) is 0 Å². The fourth-order valence-electron chi connectivity index (χ4n) is 1.24. The molecule has 12 heavy (non-hydrogen) atoms. The van der Waals surface area contributed by atoms with Gasteiger partial charge in [0.2, 0.25) is 0 Å². The zero-order valence-corrected chi connectivity index (χ0v) is 7.38. The molecule has 0 radical (unpaired) electrons. The molecule has 1 aromatic carbocycles. The van der Waals surface area contributed by atoms with Crippen molar-refractivity contribution >= 4 is 5.57 Å². The smallest absolute Gasteiger partial charge is 0.0471 e. The molecule has 0 amide bonds. The van der Waals surface area contributed by atoms with Crippen molar-refractivity contribution in [2.24, 2.45) is 0 Å². The standard InChI is InChI=1S/C11H14O/c1-9-5-3-4-6-11(9)10(2)7-8-12/h3-6,12H,2,7-8H2,1H3. The van der Waals surface area contributed by atoms with Crippen LogP contribution in [0.3, 0.4) is 0 Å². The zero-order chi connectivity index (χ0) is 8.97. The highest BCUT2D eigenvalue weighted by molar-refractivity contribution is 5.65. The molecule has 0 spiro atoms. The minimum absolute atomic E-state index is 0.174. The first-order valence-electron chi connectivity index (χ1n) is 4.10. The molecule has 0 fully saturated rings. The van der Waals surface area contributed by atoms with E-state index in [1.807, 2.05) is 18.2 Å². The first-order chi connectivity index (χ1) is 5.75. The van der Waals surface area contributed by atoms with Crippen molar-refractivity contribution in [1.29, 1.82) is 0 Å². The molecule has 0 bridgehead atoms. The molecule has 0 saturated heterocycles. The maximum Gasteiger partial charge on any atom is 0.0471 e. The largest absolute Gasteiger partial charge is 0.396 e. The third kappa shape index (κ3) is 1.95. The Bertz CT molecular complexity index is 276. The van der Waals surface area contributed by atoms with Gasteiger partial charge in [-0.2, -0.15) is 0 Å². The predicted molar refractivity (Wildman–Crippen MR) is 51.9 cm³/mol. The summed E-state index contributed by atoms with van der Waals surface area (Å²) in [5, 5.41) is 8.73. The van der Waals surface area contributed by atoms with Gasteiger partial charge < -0.3 is 5.11 Å². The van der Waals surface area contributed by atoms with Gasteiger partial charge in [0.15, 0.2) is 0 Å². The molecule has 0 aliphatic heterocycles. The molecule has 0 aliphatic carbocycles. The third-order valence-electron chi connectivity index (χ3n) is 1.94. The molecule has 0 aromatic heterocycles. The van der Waals surface area contributed by atoms with Crippen LogP contribution in [0.25, 0.3) is 5.57 Å². The summed E-state index contributed by atoms with van der Waals surface area (Å²) in [6.07, 6.45) is 0.658. The summed E-state index contributed by atoms with van der Waals surface area (Å²) in [5.41, 5.74) is 3.39. The van der Waals surface area contributed by atoms with Crippen LogP contribution in [0.5, 0.6) is 0 Å². The van der Waals surface area contributed by atoms with E-state index in [-0.39, 0.29) is 6.61 Å². The first kappa shape index (κ1) is 9.01. The lowest BCUT2D eigenvalue weighted by Gasteiger charge is -2.06. The van der Waals surface area contributed by atoms with Crippen LogP contribution in [-0.2, 0) is 0 Å². The van der Waals surface area contributed by atoms with Crippen molar-refractivity contribution in [2.75, 3.05) is 6.61 Å². The normalized spacial score (nSPS) is 9.83. The van der Waals surface area contributed by atoms with E-state index in [1.54, 1.807) is 0 Å². The molecule has 1 aromatic rings. The molecule has 0 heterocycles. The molecular formula is C11H14O. The highest BCUT2D eigenvalue weighted by atomic mass is 16.2. The summed E-state index contributed by atoms with van der Waals surface area (Å²) >= 11 is 0. The van der Waals surface area contributed by atoms with Crippen molar-refractivity contribution in [3.8, 4) is 0 Å². The number of rotatable bonds is 3. The van der Waals surface area contributed by atoms with Gasteiger partial charge in [0.1, 0.15) is 0 Å². The van der Waals surface area contributed by atoms with E-state index in [4.69, 9.17) is 5.11 Å². The van der Waals surface area contributed by atoms with Gasteiger partial charge in [-0.3, -0.25) is 0 Å². The lowest BCUT2D eigenvalue weighted by Crippen LogP contribution is -1.90. The highest BCUT2D eigenvalue weighted by Gasteiger charge is 1.99. The van der Waals surface area contributed by atoms with Gasteiger partial charge in [0.25, 0.3) is 0 Å². The second kappa shape index (κ2) is 4.07. The average Bonchev–Trinajstić information content (AvgIpc) is 2.05. The highest BCUT2D eigenvalue weighted by Crippen LogP contribution is 2.18. The Morgan fingerprint density at radius 3 is 2.67 bits per heavy atom. The second-order valence-corrected chi connectivity index (χ2v) is 2.89. The maximum atomic E-state index is 8.73. The Balaban J connectivity index is 2.87. The van der Waals surface area contributed by atoms with Crippen LogP contribution in [-0.4, -0.2) is 11.7 Å². The van der Waals surface area contributed by atoms with Crippen LogP contribution in [0.15, 0.2) is 30.8 Å². The SMILES string of the molecule is C=C(CCO)c1ccccc1C. The summed E-state index contributed by atoms with van der Waals surface area (Å²) in [4.78, 5) is 0. The number of aliphatic hydroxyl groups is 1. The summed E-state index contributed by atoms with van der Waals surface area (Å²) in [5.74, 6) is 0. The molecule has 0 saturated carbocycles. The quantitative estimate of drug-likeness (QED) is 0.723. The van der Waals surface area contributed by atoms with Crippen LogP contribution in [0.2, 0.25) is 0 Å². The number of aliphatic hydroxyl groups excluding tert-OH is 1. The molecule has 1 N–H and O–H groups in total. The first-order valence-corrected chi connectivity index (χ1v) is 4.10. The van der Waals surface area contributed by atoms with E-state index in [0.29, 0.717) is 6.42 Å². The molecule has 0 aliphatic rings. The molecule has 1 rings (SSSR count). The van der Waals surface area contributed by atoms with Crippen LogP contribution >= 0.6 is 0 Å². The van der Waals surface area contributed by atoms with Gasteiger partial charge in [0.05, 0.1) is 0 Å². The van der Waals surface area contributed by atoms with Gasteiger partial charge in [0, 0.05) is 6.61 Å². The van der Waals surface area contributed by atoms with Crippen molar-refractivity contribution in [1.82, 2.24) is 0 Å². The van der Waals surface area contributed by atoms with Crippen LogP contribution < -0.4 is 0 Å². The van der Waals surface area contributed by atoms with E-state index < -0.39 is 0 Å². The Labute approximate surface area is 73.4 Å². The molecule has 0 unspecified atom stereocenters. The minimum Gasteiger partial charge on any atom is -0.396 e. The van der Waals surface area contributed by atoms with Gasteiger partial charge in [-0.05, 0) is 30.0 Å². The van der Waals surface area contributed by atoms with Crippen molar-refractivity contribution in [3.05, 3.63) is 42.0 Å². The van der Waals surface area contributed by atoms with Gasteiger partial charge in [-0.1, -0.05) is 30.8 Å². The van der Waals surface area contributed by atoms with Gasteiger partial charge >= 0.3 is 0 Å². The van der Waals surface area contributed by atoms with Gasteiger partial charge in [-0.25, -0.2) is 0 Å². The summed E-state index contributed by atoms with van der Waals surface area (Å²) in [7, 11) is 0. The zero-order valence-electron chi connectivity index (χ0n) is 7.38. The fourth-order valence-corrected chi connectivity index (χ4v) is 1.24. The topological polar surface area (TPSA) is 20.2 Å². The Morgan fingerprint density at radius 2 is 2.08 bits per heavy atom. The third-order valence-corrected chi connectivity index (χ3v) is 1.94. The molecular weight excluding hydrogens is 148 g/mol. The number of hydrogen-bond donors (Lipinski definition) is 1. The average molecular weight is 162 g/mol. The summed E-state index contributed by atoms with van der Waals surface area (Å²) in [6.45, 7) is 6.14. The van der Waals surface area contributed by atoms with E-state index in [2.05, 4.69) is 19.6 Å².